The minimum atomic E-state index is -0.376. The van der Waals surface area contributed by atoms with Crippen molar-refractivity contribution >= 4 is 5.69 Å². The van der Waals surface area contributed by atoms with E-state index in [9.17, 15) is 10.1 Å². The van der Waals surface area contributed by atoms with Gasteiger partial charge in [-0.2, -0.15) is 0 Å². The van der Waals surface area contributed by atoms with E-state index in [-0.39, 0.29) is 10.6 Å². The number of rotatable bonds is 4. The molecule has 0 bridgehead atoms. The van der Waals surface area contributed by atoms with E-state index in [4.69, 9.17) is 0 Å². The maximum Gasteiger partial charge on any atom is 0.269 e. The lowest BCUT2D eigenvalue weighted by Crippen LogP contribution is -2.29. The fourth-order valence-corrected chi connectivity index (χ4v) is 1.56. The normalized spacial score (nSPS) is 10.2. The number of nitrogens with zero attached hydrogens (tertiary/aromatic N) is 1. The molecule has 0 aliphatic heterocycles. The van der Waals surface area contributed by atoms with Gasteiger partial charge in [0, 0.05) is 24.2 Å². The van der Waals surface area contributed by atoms with Crippen LogP contribution in [0.25, 0.3) is 0 Å². The van der Waals surface area contributed by atoms with E-state index in [0.717, 1.165) is 12.0 Å². The van der Waals surface area contributed by atoms with Gasteiger partial charge in [0.2, 0.25) is 0 Å². The first-order valence-electron chi connectivity index (χ1n) is 6.36. The highest BCUT2D eigenvalue weighted by atomic mass is 16.6. The number of nitro groups is 1. The van der Waals surface area contributed by atoms with Gasteiger partial charge in [-0.25, -0.2) is 0 Å². The summed E-state index contributed by atoms with van der Waals surface area (Å²) in [6.45, 7) is 10.6. The van der Waals surface area contributed by atoms with E-state index in [1.807, 2.05) is 13.0 Å². The molecule has 0 radical (unpaired) electrons. The number of non-ortho nitro benzene ring substituents is 1. The predicted octanol–water partition coefficient (Wildman–Crippen LogP) is 3.55. The van der Waals surface area contributed by atoms with Gasteiger partial charge in [0.15, 0.2) is 0 Å². The average molecular weight is 252 g/mol. The third-order valence-electron chi connectivity index (χ3n) is 2.20. The molecule has 18 heavy (non-hydrogen) atoms. The van der Waals surface area contributed by atoms with Crippen LogP contribution in [0.5, 0.6) is 0 Å². The van der Waals surface area contributed by atoms with E-state index >= 15 is 0 Å². The number of hydrogen-bond acceptors (Lipinski definition) is 3. The second kappa shape index (κ2) is 8.64. The molecule has 0 spiro atoms. The minimum Gasteiger partial charge on any atom is -0.312 e. The molecule has 0 aliphatic rings. The van der Waals surface area contributed by atoms with Crippen molar-refractivity contribution in [2.75, 3.05) is 0 Å². The summed E-state index contributed by atoms with van der Waals surface area (Å²) in [7, 11) is 0. The summed E-state index contributed by atoms with van der Waals surface area (Å²) in [6, 6.07) is 7.93. The molecule has 4 nitrogen and oxygen atoms in total. The Bertz CT molecular complexity index is 357. The average Bonchev–Trinajstić information content (AvgIpc) is 2.28. The van der Waals surface area contributed by atoms with Crippen molar-refractivity contribution < 1.29 is 4.92 Å². The molecule has 0 amide bonds. The summed E-state index contributed by atoms with van der Waals surface area (Å²) in [5.74, 6) is 0. The first-order valence-corrected chi connectivity index (χ1v) is 6.36. The lowest BCUT2D eigenvalue weighted by Gasteiger charge is -2.10. The molecule has 4 heteroatoms. The molecule has 0 atom stereocenters. The van der Waals surface area contributed by atoms with Gasteiger partial charge in [-0.1, -0.05) is 46.8 Å². The fourth-order valence-electron chi connectivity index (χ4n) is 1.56. The van der Waals surface area contributed by atoms with Gasteiger partial charge in [-0.3, -0.25) is 10.1 Å². The van der Waals surface area contributed by atoms with Crippen LogP contribution in [0.4, 0.5) is 5.69 Å². The zero-order chi connectivity index (χ0) is 14.1. The van der Waals surface area contributed by atoms with Crippen molar-refractivity contribution in [3.05, 3.63) is 39.9 Å². The van der Waals surface area contributed by atoms with Crippen molar-refractivity contribution in [2.24, 2.45) is 0 Å². The van der Waals surface area contributed by atoms with Crippen LogP contribution in [-0.2, 0) is 6.42 Å². The first kappa shape index (κ1) is 16.6. The number of benzene rings is 1. The van der Waals surface area contributed by atoms with Crippen molar-refractivity contribution in [1.29, 1.82) is 0 Å². The lowest BCUT2D eigenvalue weighted by atomic mass is 10.1. The first-order chi connectivity index (χ1) is 8.36. The zero-order valence-corrected chi connectivity index (χ0v) is 11.9. The van der Waals surface area contributed by atoms with E-state index in [0.29, 0.717) is 12.1 Å². The molecule has 1 rings (SSSR count). The van der Waals surface area contributed by atoms with E-state index in [2.05, 4.69) is 33.0 Å². The Morgan fingerprint density at radius 1 is 1.22 bits per heavy atom. The molecule has 0 aromatic heterocycles. The maximum atomic E-state index is 10.3. The SMILES string of the molecule is CC(C)NC(C)C.CCc1cccc([N+](=O)[O-])c1. The Kier molecular flexibility index (Phi) is 7.96. The van der Waals surface area contributed by atoms with E-state index in [1.165, 1.54) is 6.07 Å². The van der Waals surface area contributed by atoms with Crippen molar-refractivity contribution in [3.8, 4) is 0 Å². The van der Waals surface area contributed by atoms with E-state index < -0.39 is 0 Å². The molecule has 1 aromatic carbocycles. The van der Waals surface area contributed by atoms with Crippen LogP contribution in [0.1, 0.15) is 40.2 Å². The quantitative estimate of drug-likeness (QED) is 0.658. The van der Waals surface area contributed by atoms with Crippen LogP contribution in [0.3, 0.4) is 0 Å². The Morgan fingerprint density at radius 3 is 2.11 bits per heavy atom. The third kappa shape index (κ3) is 7.79. The van der Waals surface area contributed by atoms with Crippen LogP contribution in [0.15, 0.2) is 24.3 Å². The molecular formula is C14H24N2O2. The molecular weight excluding hydrogens is 228 g/mol. The zero-order valence-electron chi connectivity index (χ0n) is 11.9. The van der Waals surface area contributed by atoms with Gasteiger partial charge >= 0.3 is 0 Å². The maximum absolute atomic E-state index is 10.3. The predicted molar refractivity (Wildman–Crippen MR) is 75.9 cm³/mol. The van der Waals surface area contributed by atoms with Crippen LogP contribution in [-0.4, -0.2) is 17.0 Å². The minimum absolute atomic E-state index is 0.171. The molecule has 102 valence electrons. The Balaban J connectivity index is 0.000000360. The third-order valence-corrected chi connectivity index (χ3v) is 2.20. The van der Waals surface area contributed by atoms with Crippen LogP contribution in [0, 0.1) is 10.1 Å². The molecule has 0 unspecified atom stereocenters. The van der Waals surface area contributed by atoms with Crippen LogP contribution in [0.2, 0.25) is 0 Å². The Labute approximate surface area is 110 Å². The molecule has 0 saturated carbocycles. The summed E-state index contributed by atoms with van der Waals surface area (Å²) >= 11 is 0. The highest BCUT2D eigenvalue weighted by molar-refractivity contribution is 5.34. The standard InChI is InChI=1S/C8H9NO2.C6H15N/c1-2-7-4-3-5-8(6-7)9(10)11;1-5(2)7-6(3)4/h3-6H,2H2,1H3;5-7H,1-4H3. The number of nitro benzene ring substituents is 1. The number of aryl methyl sites for hydroxylation is 1. The molecule has 0 saturated heterocycles. The van der Waals surface area contributed by atoms with Gasteiger partial charge in [-0.15, -0.1) is 0 Å². The molecule has 0 fully saturated rings. The fraction of sp³-hybridized carbons (Fsp3) is 0.571. The number of nitrogens with one attached hydrogen (secondary N) is 1. The highest BCUT2D eigenvalue weighted by Gasteiger charge is 2.03. The highest BCUT2D eigenvalue weighted by Crippen LogP contribution is 2.12. The smallest absolute Gasteiger partial charge is 0.269 e. The Hall–Kier alpha value is -1.42. The topological polar surface area (TPSA) is 55.2 Å². The Morgan fingerprint density at radius 2 is 1.78 bits per heavy atom. The van der Waals surface area contributed by atoms with Crippen LogP contribution < -0.4 is 5.32 Å². The summed E-state index contributed by atoms with van der Waals surface area (Å²) in [6.07, 6.45) is 0.835. The van der Waals surface area contributed by atoms with Gasteiger partial charge < -0.3 is 5.32 Å². The molecule has 0 heterocycles. The van der Waals surface area contributed by atoms with Gasteiger partial charge in [0.25, 0.3) is 5.69 Å². The number of hydrogen-bond donors (Lipinski definition) is 1. The van der Waals surface area contributed by atoms with E-state index in [1.54, 1.807) is 12.1 Å². The van der Waals surface area contributed by atoms with Crippen molar-refractivity contribution in [1.82, 2.24) is 5.32 Å². The van der Waals surface area contributed by atoms with Crippen molar-refractivity contribution in [2.45, 2.75) is 53.1 Å². The summed E-state index contributed by atoms with van der Waals surface area (Å²) in [5.41, 5.74) is 1.17. The van der Waals surface area contributed by atoms with Gasteiger partial charge in [0.1, 0.15) is 0 Å². The lowest BCUT2D eigenvalue weighted by molar-refractivity contribution is -0.384. The van der Waals surface area contributed by atoms with Crippen molar-refractivity contribution in [3.63, 3.8) is 0 Å². The summed E-state index contributed by atoms with van der Waals surface area (Å²) < 4.78 is 0. The molecule has 1 aromatic rings. The van der Waals surface area contributed by atoms with Gasteiger partial charge in [-0.05, 0) is 12.0 Å². The summed E-state index contributed by atoms with van der Waals surface area (Å²) in [5, 5.41) is 13.6. The van der Waals surface area contributed by atoms with Crippen LogP contribution >= 0.6 is 0 Å². The largest absolute Gasteiger partial charge is 0.312 e. The second-order valence-electron chi connectivity index (χ2n) is 4.76. The second-order valence-corrected chi connectivity index (χ2v) is 4.76. The molecule has 1 N–H and O–H groups in total. The van der Waals surface area contributed by atoms with Gasteiger partial charge in [0.05, 0.1) is 4.92 Å². The summed E-state index contributed by atoms with van der Waals surface area (Å²) in [4.78, 5) is 9.90. The molecule has 0 aliphatic carbocycles. The monoisotopic (exact) mass is 252 g/mol.